The topological polar surface area (TPSA) is 51.2 Å². The van der Waals surface area contributed by atoms with Crippen molar-refractivity contribution >= 4 is 17.5 Å². The van der Waals surface area contributed by atoms with Gasteiger partial charge in [0.2, 0.25) is 0 Å². The summed E-state index contributed by atoms with van der Waals surface area (Å²) in [6, 6.07) is 11.0. The van der Waals surface area contributed by atoms with E-state index in [0.717, 1.165) is 37.9 Å². The fourth-order valence-electron chi connectivity index (χ4n) is 3.62. The normalized spacial score (nSPS) is 21.0. The molecule has 4 nitrogen and oxygen atoms in total. The fraction of sp³-hybridized carbons (Fsp3) is 0.429. The van der Waals surface area contributed by atoms with Gasteiger partial charge < -0.3 is 10.1 Å². The van der Waals surface area contributed by atoms with Crippen LogP contribution in [0.4, 0.5) is 0 Å². The van der Waals surface area contributed by atoms with Crippen LogP contribution >= 0.6 is 11.6 Å². The van der Waals surface area contributed by atoms with Gasteiger partial charge in [0.1, 0.15) is 5.75 Å². The third kappa shape index (κ3) is 4.98. The summed E-state index contributed by atoms with van der Waals surface area (Å²) in [5, 5.41) is 3.85. The monoisotopic (exact) mass is 372 g/mol. The van der Waals surface area contributed by atoms with Crippen molar-refractivity contribution < 1.29 is 9.53 Å². The first-order chi connectivity index (χ1) is 12.7. The molecule has 0 bridgehead atoms. The summed E-state index contributed by atoms with van der Waals surface area (Å²) < 4.78 is 6.04. The number of amides is 1. The van der Waals surface area contributed by atoms with Gasteiger partial charge in [-0.05, 0) is 74.4 Å². The molecule has 1 aliphatic carbocycles. The highest BCUT2D eigenvalue weighted by Gasteiger charge is 2.28. The zero-order valence-electron chi connectivity index (χ0n) is 15.0. The number of benzene rings is 1. The molecule has 3 rings (SSSR count). The molecule has 0 unspecified atom stereocenters. The number of halogens is 1. The van der Waals surface area contributed by atoms with E-state index in [1.54, 1.807) is 36.7 Å². The zero-order valence-corrected chi connectivity index (χ0v) is 15.8. The predicted octanol–water partition coefficient (Wildman–Crippen LogP) is 4.88. The number of hydrogen-bond acceptors (Lipinski definition) is 3. The predicted molar refractivity (Wildman–Crippen MR) is 104 cm³/mol. The number of nitrogens with one attached hydrogen (secondary N) is 1. The fourth-order valence-corrected chi connectivity index (χ4v) is 3.75. The minimum absolute atomic E-state index is 0.0244. The van der Waals surface area contributed by atoms with Gasteiger partial charge in [-0.1, -0.05) is 18.5 Å². The Morgan fingerprint density at radius 2 is 1.81 bits per heavy atom. The lowest BCUT2D eigenvalue weighted by Crippen LogP contribution is -2.42. The SMILES string of the molecule is CC[C@@H](NC(=O)c1ccc(Cl)cc1)C1CCC(Oc2ccncc2)CC1. The summed E-state index contributed by atoms with van der Waals surface area (Å²) >= 11 is 5.90. The van der Waals surface area contributed by atoms with Crippen LogP contribution in [0.15, 0.2) is 48.8 Å². The maximum Gasteiger partial charge on any atom is 0.251 e. The minimum atomic E-state index is -0.0244. The van der Waals surface area contributed by atoms with E-state index in [2.05, 4.69) is 17.2 Å². The Kier molecular flexibility index (Phi) is 6.51. The van der Waals surface area contributed by atoms with E-state index in [-0.39, 0.29) is 18.1 Å². The van der Waals surface area contributed by atoms with Gasteiger partial charge in [0.15, 0.2) is 0 Å². The van der Waals surface area contributed by atoms with E-state index in [0.29, 0.717) is 16.5 Å². The molecule has 1 amide bonds. The molecule has 1 atom stereocenters. The van der Waals surface area contributed by atoms with Crippen LogP contribution in [0.5, 0.6) is 5.75 Å². The number of nitrogens with zero attached hydrogens (tertiary/aromatic N) is 1. The molecule has 0 radical (unpaired) electrons. The summed E-state index contributed by atoms with van der Waals surface area (Å²) in [4.78, 5) is 16.5. The summed E-state index contributed by atoms with van der Waals surface area (Å²) in [7, 11) is 0. The van der Waals surface area contributed by atoms with Gasteiger partial charge in [-0.25, -0.2) is 0 Å². The summed E-state index contributed by atoms with van der Waals surface area (Å²) in [6.07, 6.45) is 8.84. The molecule has 1 N–H and O–H groups in total. The average Bonchev–Trinajstić information content (AvgIpc) is 2.68. The molecule has 1 fully saturated rings. The van der Waals surface area contributed by atoms with Crippen molar-refractivity contribution in [3.8, 4) is 5.75 Å². The zero-order chi connectivity index (χ0) is 18.4. The molecule has 1 heterocycles. The van der Waals surface area contributed by atoms with Crippen molar-refractivity contribution in [1.29, 1.82) is 0 Å². The van der Waals surface area contributed by atoms with Crippen LogP contribution in [0, 0.1) is 5.92 Å². The first-order valence-corrected chi connectivity index (χ1v) is 9.66. The van der Waals surface area contributed by atoms with Crippen molar-refractivity contribution in [2.45, 2.75) is 51.2 Å². The molecule has 138 valence electrons. The van der Waals surface area contributed by atoms with Crippen molar-refractivity contribution in [3.05, 3.63) is 59.4 Å². The third-order valence-electron chi connectivity index (χ3n) is 5.10. The molecule has 1 aromatic heterocycles. The largest absolute Gasteiger partial charge is 0.490 e. The number of aromatic nitrogens is 1. The smallest absolute Gasteiger partial charge is 0.251 e. The Balaban J connectivity index is 1.51. The highest BCUT2D eigenvalue weighted by molar-refractivity contribution is 6.30. The second-order valence-electron chi connectivity index (χ2n) is 6.83. The van der Waals surface area contributed by atoms with Gasteiger partial charge in [0.25, 0.3) is 5.91 Å². The van der Waals surface area contributed by atoms with Crippen LogP contribution in [-0.2, 0) is 0 Å². The molecular weight excluding hydrogens is 348 g/mol. The molecule has 26 heavy (non-hydrogen) atoms. The molecule has 2 aromatic rings. The third-order valence-corrected chi connectivity index (χ3v) is 5.36. The second-order valence-corrected chi connectivity index (χ2v) is 7.27. The lowest BCUT2D eigenvalue weighted by atomic mass is 9.81. The summed E-state index contributed by atoms with van der Waals surface area (Å²) in [5.41, 5.74) is 0.655. The van der Waals surface area contributed by atoms with Gasteiger partial charge in [0, 0.05) is 29.0 Å². The van der Waals surface area contributed by atoms with Crippen LogP contribution < -0.4 is 10.1 Å². The lowest BCUT2D eigenvalue weighted by Gasteiger charge is -2.34. The number of carbonyl (C=O) groups excluding carboxylic acids is 1. The lowest BCUT2D eigenvalue weighted by molar-refractivity contribution is 0.0870. The van der Waals surface area contributed by atoms with Gasteiger partial charge in [-0.15, -0.1) is 0 Å². The Bertz CT molecular complexity index is 698. The minimum Gasteiger partial charge on any atom is -0.490 e. The van der Waals surface area contributed by atoms with Gasteiger partial charge in [0.05, 0.1) is 6.10 Å². The van der Waals surface area contributed by atoms with Crippen molar-refractivity contribution in [1.82, 2.24) is 10.3 Å². The van der Waals surface area contributed by atoms with Crippen LogP contribution in [0.2, 0.25) is 5.02 Å². The Hall–Kier alpha value is -2.07. The van der Waals surface area contributed by atoms with Crippen LogP contribution in [-0.4, -0.2) is 23.0 Å². The molecule has 5 heteroatoms. The number of carbonyl (C=O) groups is 1. The molecule has 0 aliphatic heterocycles. The van der Waals surface area contributed by atoms with E-state index in [1.165, 1.54) is 0 Å². The number of rotatable bonds is 6. The number of ether oxygens (including phenoxy) is 1. The van der Waals surface area contributed by atoms with E-state index in [1.807, 2.05) is 12.1 Å². The Labute approximate surface area is 159 Å². The van der Waals surface area contributed by atoms with E-state index >= 15 is 0 Å². The van der Waals surface area contributed by atoms with Gasteiger partial charge >= 0.3 is 0 Å². The highest BCUT2D eigenvalue weighted by atomic mass is 35.5. The van der Waals surface area contributed by atoms with E-state index in [4.69, 9.17) is 16.3 Å². The average molecular weight is 373 g/mol. The molecule has 0 saturated heterocycles. The Morgan fingerprint density at radius 1 is 1.15 bits per heavy atom. The maximum absolute atomic E-state index is 12.5. The van der Waals surface area contributed by atoms with E-state index in [9.17, 15) is 4.79 Å². The molecule has 0 spiro atoms. The number of pyridine rings is 1. The van der Waals surface area contributed by atoms with Crippen LogP contribution in [0.25, 0.3) is 0 Å². The van der Waals surface area contributed by atoms with Gasteiger partial charge in [-0.3, -0.25) is 9.78 Å². The van der Waals surface area contributed by atoms with E-state index < -0.39 is 0 Å². The van der Waals surface area contributed by atoms with Crippen molar-refractivity contribution in [2.75, 3.05) is 0 Å². The molecular formula is C21H25ClN2O2. The summed E-state index contributed by atoms with van der Waals surface area (Å²) in [6.45, 7) is 2.13. The quantitative estimate of drug-likeness (QED) is 0.786. The molecule has 1 aromatic carbocycles. The Morgan fingerprint density at radius 3 is 2.42 bits per heavy atom. The van der Waals surface area contributed by atoms with Gasteiger partial charge in [-0.2, -0.15) is 0 Å². The molecule has 1 saturated carbocycles. The number of hydrogen-bond donors (Lipinski definition) is 1. The maximum atomic E-state index is 12.5. The summed E-state index contributed by atoms with van der Waals surface area (Å²) in [5.74, 6) is 1.35. The molecule has 1 aliphatic rings. The van der Waals surface area contributed by atoms with Crippen LogP contribution in [0.1, 0.15) is 49.4 Å². The van der Waals surface area contributed by atoms with Crippen LogP contribution in [0.3, 0.4) is 0 Å². The first-order valence-electron chi connectivity index (χ1n) is 9.29. The van der Waals surface area contributed by atoms with Crippen molar-refractivity contribution in [3.63, 3.8) is 0 Å². The highest BCUT2D eigenvalue weighted by Crippen LogP contribution is 2.30. The first kappa shape index (κ1) is 18.7. The van der Waals surface area contributed by atoms with Crippen molar-refractivity contribution in [2.24, 2.45) is 5.92 Å². The standard InChI is InChI=1S/C21H25ClN2O2/c1-2-20(24-21(25)16-3-7-17(22)8-4-16)15-5-9-18(10-6-15)26-19-11-13-23-14-12-19/h3-4,7-8,11-15,18,20H,2,5-6,9-10H2,1H3,(H,24,25)/t15?,18?,20-/m1/s1. The second kappa shape index (κ2) is 9.04.